The van der Waals surface area contributed by atoms with E-state index in [1.807, 2.05) is 6.34 Å². The molecule has 11 heavy (non-hydrogen) atoms. The molecule has 0 aromatic rings. The highest BCUT2D eigenvalue weighted by molar-refractivity contribution is 5.48. The van der Waals surface area contributed by atoms with Gasteiger partial charge in [-0.3, -0.25) is 4.58 Å². The predicted octanol–water partition coefficient (Wildman–Crippen LogP) is 0.281. The zero-order valence-corrected chi connectivity index (χ0v) is 7.01. The summed E-state index contributed by atoms with van der Waals surface area (Å²) >= 11 is 0. The SMILES string of the molecule is C[N+]1=CNNC1CC1CCC1. The average Bonchev–Trinajstić information content (AvgIpc) is 2.27. The van der Waals surface area contributed by atoms with E-state index in [2.05, 4.69) is 22.5 Å². The lowest BCUT2D eigenvalue weighted by molar-refractivity contribution is -0.533. The van der Waals surface area contributed by atoms with Gasteiger partial charge in [0.2, 0.25) is 0 Å². The Balaban J connectivity index is 1.81. The topological polar surface area (TPSA) is 27.1 Å². The van der Waals surface area contributed by atoms with E-state index in [1.165, 1.54) is 25.7 Å². The fourth-order valence-corrected chi connectivity index (χ4v) is 1.70. The Morgan fingerprint density at radius 2 is 2.36 bits per heavy atom. The van der Waals surface area contributed by atoms with Crippen LogP contribution in [0, 0.1) is 5.92 Å². The van der Waals surface area contributed by atoms with Gasteiger partial charge in [-0.1, -0.05) is 19.3 Å². The smallest absolute Gasteiger partial charge is 0.250 e. The molecule has 1 saturated carbocycles. The summed E-state index contributed by atoms with van der Waals surface area (Å²) in [5.74, 6) is 0.975. The van der Waals surface area contributed by atoms with Crippen molar-refractivity contribution in [3.8, 4) is 0 Å². The lowest BCUT2D eigenvalue weighted by Gasteiger charge is -2.26. The molecule has 1 atom stereocenters. The van der Waals surface area contributed by atoms with Crippen LogP contribution >= 0.6 is 0 Å². The normalized spacial score (nSPS) is 31.0. The van der Waals surface area contributed by atoms with E-state index in [-0.39, 0.29) is 0 Å². The molecule has 1 heterocycles. The van der Waals surface area contributed by atoms with E-state index in [1.54, 1.807) is 0 Å². The van der Waals surface area contributed by atoms with Crippen molar-refractivity contribution in [1.82, 2.24) is 10.9 Å². The van der Waals surface area contributed by atoms with Gasteiger partial charge in [-0.2, -0.15) is 5.43 Å². The molecule has 0 saturated heterocycles. The summed E-state index contributed by atoms with van der Waals surface area (Å²) in [4.78, 5) is 0. The van der Waals surface area contributed by atoms with Crippen molar-refractivity contribution < 1.29 is 4.58 Å². The molecule has 2 aliphatic rings. The number of hydrogen-bond donors (Lipinski definition) is 2. The van der Waals surface area contributed by atoms with E-state index < -0.39 is 0 Å². The van der Waals surface area contributed by atoms with Gasteiger partial charge in [0.15, 0.2) is 6.17 Å². The first kappa shape index (κ1) is 7.10. The molecule has 2 N–H and O–H groups in total. The van der Waals surface area contributed by atoms with Crippen molar-refractivity contribution in [1.29, 1.82) is 0 Å². The van der Waals surface area contributed by atoms with E-state index in [9.17, 15) is 0 Å². The highest BCUT2D eigenvalue weighted by Crippen LogP contribution is 2.30. The van der Waals surface area contributed by atoms with E-state index in [4.69, 9.17) is 0 Å². The molecule has 3 nitrogen and oxygen atoms in total. The Labute approximate surface area is 67.5 Å². The Morgan fingerprint density at radius 1 is 1.55 bits per heavy atom. The number of nitrogens with one attached hydrogen (secondary N) is 2. The van der Waals surface area contributed by atoms with Gasteiger partial charge in [0.05, 0.1) is 7.05 Å². The van der Waals surface area contributed by atoms with E-state index >= 15 is 0 Å². The molecular formula is C8H16N3+. The second-order valence-electron chi connectivity index (χ2n) is 3.63. The second-order valence-corrected chi connectivity index (χ2v) is 3.63. The van der Waals surface area contributed by atoms with Crippen LogP contribution in [0.2, 0.25) is 0 Å². The molecule has 0 bridgehead atoms. The molecule has 0 amide bonds. The first-order valence-corrected chi connectivity index (χ1v) is 4.42. The van der Waals surface area contributed by atoms with Crippen LogP contribution in [0.1, 0.15) is 25.7 Å². The molecule has 62 valence electrons. The number of hydrogen-bond acceptors (Lipinski definition) is 2. The van der Waals surface area contributed by atoms with Crippen molar-refractivity contribution in [2.45, 2.75) is 31.8 Å². The lowest BCUT2D eigenvalue weighted by Crippen LogP contribution is -2.38. The quantitative estimate of drug-likeness (QED) is 0.559. The van der Waals surface area contributed by atoms with E-state index in [0.717, 1.165) is 5.92 Å². The van der Waals surface area contributed by atoms with Gasteiger partial charge >= 0.3 is 0 Å². The van der Waals surface area contributed by atoms with Gasteiger partial charge in [-0.05, 0) is 5.92 Å². The van der Waals surface area contributed by atoms with Gasteiger partial charge in [0.25, 0.3) is 6.34 Å². The first-order chi connectivity index (χ1) is 5.36. The van der Waals surface area contributed by atoms with Crippen LogP contribution in [0.4, 0.5) is 0 Å². The van der Waals surface area contributed by atoms with Gasteiger partial charge in [0, 0.05) is 6.42 Å². The summed E-state index contributed by atoms with van der Waals surface area (Å²) in [6.07, 6.45) is 8.12. The first-order valence-electron chi connectivity index (χ1n) is 4.42. The maximum atomic E-state index is 3.23. The van der Waals surface area contributed by atoms with Crippen LogP contribution in [0.15, 0.2) is 0 Å². The predicted molar refractivity (Wildman–Crippen MR) is 44.3 cm³/mol. The third-order valence-corrected chi connectivity index (χ3v) is 2.79. The van der Waals surface area contributed by atoms with E-state index in [0.29, 0.717) is 6.17 Å². The molecular weight excluding hydrogens is 138 g/mol. The highest BCUT2D eigenvalue weighted by atomic mass is 15.5. The summed E-state index contributed by atoms with van der Waals surface area (Å²) in [5, 5.41) is 0. The molecule has 1 fully saturated rings. The van der Waals surface area contributed by atoms with Gasteiger partial charge in [-0.15, -0.1) is 5.43 Å². The molecule has 3 heteroatoms. The second kappa shape index (κ2) is 2.81. The Morgan fingerprint density at radius 3 is 2.82 bits per heavy atom. The zero-order valence-electron chi connectivity index (χ0n) is 7.01. The maximum Gasteiger partial charge on any atom is 0.251 e. The highest BCUT2D eigenvalue weighted by Gasteiger charge is 2.27. The standard InChI is InChI=1S/C8H15N3/c1-11-6-9-10-8(11)5-7-3-2-4-7/h6-8,10H,2-5H2,1H3/p+1. The van der Waals surface area contributed by atoms with Crippen LogP contribution in [0.25, 0.3) is 0 Å². The summed E-state index contributed by atoms with van der Waals surface area (Å²) in [6.45, 7) is 0. The Bertz CT molecular complexity index is 172. The van der Waals surface area contributed by atoms with Crippen molar-refractivity contribution >= 4 is 6.34 Å². The fraction of sp³-hybridized carbons (Fsp3) is 0.875. The Hall–Kier alpha value is -0.570. The van der Waals surface area contributed by atoms with Gasteiger partial charge in [0.1, 0.15) is 0 Å². The lowest BCUT2D eigenvalue weighted by atomic mass is 9.82. The van der Waals surface area contributed by atoms with Gasteiger partial charge in [-0.25, -0.2) is 0 Å². The molecule has 1 unspecified atom stereocenters. The summed E-state index contributed by atoms with van der Waals surface area (Å²) in [6, 6.07) is 0. The number of hydrazine groups is 1. The molecule has 0 radical (unpaired) electrons. The molecule has 0 aromatic heterocycles. The third-order valence-electron chi connectivity index (χ3n) is 2.79. The van der Waals surface area contributed by atoms with Gasteiger partial charge < -0.3 is 0 Å². The Kier molecular flexibility index (Phi) is 1.82. The number of nitrogens with zero attached hydrogens (tertiary/aromatic N) is 1. The maximum absolute atomic E-state index is 3.23. The fourth-order valence-electron chi connectivity index (χ4n) is 1.70. The summed E-state index contributed by atoms with van der Waals surface area (Å²) in [5.41, 5.74) is 6.25. The zero-order chi connectivity index (χ0) is 7.68. The molecule has 2 rings (SSSR count). The minimum absolute atomic E-state index is 0.528. The summed E-state index contributed by atoms with van der Waals surface area (Å²) < 4.78 is 2.21. The average molecular weight is 154 g/mol. The third kappa shape index (κ3) is 1.38. The molecule has 1 aliphatic carbocycles. The van der Waals surface area contributed by atoms with Crippen LogP contribution in [-0.4, -0.2) is 24.1 Å². The molecule has 1 aliphatic heterocycles. The molecule has 0 aromatic carbocycles. The van der Waals surface area contributed by atoms with Crippen molar-refractivity contribution in [2.75, 3.05) is 7.05 Å². The van der Waals surface area contributed by atoms with Crippen LogP contribution in [0.3, 0.4) is 0 Å². The summed E-state index contributed by atoms with van der Waals surface area (Å²) in [7, 11) is 2.11. The van der Waals surface area contributed by atoms with Crippen LogP contribution < -0.4 is 10.9 Å². The minimum Gasteiger partial charge on any atom is -0.250 e. The monoisotopic (exact) mass is 154 g/mol. The van der Waals surface area contributed by atoms with Crippen molar-refractivity contribution in [3.05, 3.63) is 0 Å². The van der Waals surface area contributed by atoms with Crippen molar-refractivity contribution in [3.63, 3.8) is 0 Å². The number of rotatable bonds is 2. The van der Waals surface area contributed by atoms with Crippen molar-refractivity contribution in [2.24, 2.45) is 5.92 Å². The van der Waals surface area contributed by atoms with Crippen LogP contribution in [-0.2, 0) is 0 Å². The van der Waals surface area contributed by atoms with Crippen LogP contribution in [0.5, 0.6) is 0 Å². The largest absolute Gasteiger partial charge is 0.251 e. The minimum atomic E-state index is 0.528. The molecule has 0 spiro atoms.